The van der Waals surface area contributed by atoms with E-state index in [1.54, 1.807) is 25.5 Å². The van der Waals surface area contributed by atoms with Crippen LogP contribution in [0.5, 0.6) is 0 Å². The van der Waals surface area contributed by atoms with Gasteiger partial charge in [0.25, 0.3) is 5.91 Å². The number of H-pyrrole nitrogens is 1. The minimum atomic E-state index is -0.447. The van der Waals surface area contributed by atoms with Gasteiger partial charge in [0, 0.05) is 30.9 Å². The van der Waals surface area contributed by atoms with Crippen LogP contribution in [0.25, 0.3) is 0 Å². The number of rotatable bonds is 3. The van der Waals surface area contributed by atoms with Crippen LogP contribution in [0.15, 0.2) is 35.1 Å². The number of aromatic amines is 1. The predicted octanol–water partition coefficient (Wildman–Crippen LogP) is 2.58. The lowest BCUT2D eigenvalue weighted by Crippen LogP contribution is -2.26. The molecule has 2 rings (SSSR count). The van der Waals surface area contributed by atoms with Gasteiger partial charge in [-0.2, -0.15) is 5.10 Å². The second-order valence-corrected chi connectivity index (χ2v) is 4.75. The molecule has 0 saturated carbocycles. The number of hydrogen-bond donors (Lipinski definition) is 1. The van der Waals surface area contributed by atoms with Gasteiger partial charge in [-0.25, -0.2) is 4.39 Å². The Morgan fingerprint density at radius 1 is 1.56 bits per heavy atom. The summed E-state index contributed by atoms with van der Waals surface area (Å²) in [6.07, 6.45) is 3.36. The molecular weight excluding hydrogens is 301 g/mol. The summed E-state index contributed by atoms with van der Waals surface area (Å²) in [7, 11) is 1.66. The molecule has 0 bridgehead atoms. The van der Waals surface area contributed by atoms with Gasteiger partial charge in [-0.1, -0.05) is 0 Å². The van der Waals surface area contributed by atoms with E-state index in [-0.39, 0.29) is 5.91 Å². The van der Waals surface area contributed by atoms with Gasteiger partial charge >= 0.3 is 0 Å². The minimum absolute atomic E-state index is 0.234. The third-order valence-electron chi connectivity index (χ3n) is 2.49. The van der Waals surface area contributed by atoms with Gasteiger partial charge in [0.15, 0.2) is 0 Å². The fraction of sp³-hybridized carbons (Fsp3) is 0.167. The van der Waals surface area contributed by atoms with E-state index in [9.17, 15) is 9.18 Å². The molecule has 1 aromatic heterocycles. The molecule has 0 unspecified atom stereocenters. The molecule has 0 aliphatic rings. The molecule has 0 aliphatic heterocycles. The Morgan fingerprint density at radius 2 is 2.33 bits per heavy atom. The minimum Gasteiger partial charge on any atom is -0.337 e. The lowest BCUT2D eigenvalue weighted by atomic mass is 10.2. The highest BCUT2D eigenvalue weighted by Gasteiger charge is 2.14. The topological polar surface area (TPSA) is 49.0 Å². The van der Waals surface area contributed by atoms with Gasteiger partial charge in [-0.3, -0.25) is 9.89 Å². The summed E-state index contributed by atoms with van der Waals surface area (Å²) in [5.74, 6) is -0.680. The predicted molar refractivity (Wildman–Crippen MR) is 68.5 cm³/mol. The number of hydrogen-bond acceptors (Lipinski definition) is 2. The van der Waals surface area contributed by atoms with Gasteiger partial charge in [0.2, 0.25) is 0 Å². The summed E-state index contributed by atoms with van der Waals surface area (Å²) < 4.78 is 13.7. The zero-order valence-corrected chi connectivity index (χ0v) is 11.2. The molecule has 1 aromatic carbocycles. The first kappa shape index (κ1) is 12.8. The quantitative estimate of drug-likeness (QED) is 0.947. The Bertz CT molecular complexity index is 556. The summed E-state index contributed by atoms with van der Waals surface area (Å²) in [4.78, 5) is 13.6. The molecule has 0 fully saturated rings. The average Bonchev–Trinajstić information content (AvgIpc) is 2.84. The second kappa shape index (κ2) is 5.30. The zero-order valence-electron chi connectivity index (χ0n) is 9.65. The molecular formula is C12H11BrFN3O. The fourth-order valence-electron chi connectivity index (χ4n) is 1.56. The van der Waals surface area contributed by atoms with E-state index in [2.05, 4.69) is 26.1 Å². The lowest BCUT2D eigenvalue weighted by Gasteiger charge is -2.16. The monoisotopic (exact) mass is 311 g/mol. The number of benzene rings is 1. The Kier molecular flexibility index (Phi) is 3.76. The molecule has 18 heavy (non-hydrogen) atoms. The maximum Gasteiger partial charge on any atom is 0.254 e. The van der Waals surface area contributed by atoms with Crippen molar-refractivity contribution in [3.8, 4) is 0 Å². The second-order valence-electron chi connectivity index (χ2n) is 3.90. The molecule has 0 atom stereocenters. The van der Waals surface area contributed by atoms with E-state index < -0.39 is 5.82 Å². The first-order chi connectivity index (χ1) is 8.58. The van der Waals surface area contributed by atoms with Crippen molar-refractivity contribution in [2.45, 2.75) is 6.54 Å². The van der Waals surface area contributed by atoms with Crippen molar-refractivity contribution in [2.75, 3.05) is 7.05 Å². The number of carbonyl (C=O) groups excluding carboxylic acids is 1. The Hall–Kier alpha value is -1.69. The molecule has 4 nitrogen and oxygen atoms in total. The van der Waals surface area contributed by atoms with Crippen LogP contribution in [0.2, 0.25) is 0 Å². The van der Waals surface area contributed by atoms with E-state index in [1.807, 2.05) is 0 Å². The van der Waals surface area contributed by atoms with Crippen LogP contribution in [0.4, 0.5) is 4.39 Å². The maximum atomic E-state index is 13.3. The van der Waals surface area contributed by atoms with Crippen LogP contribution >= 0.6 is 15.9 Å². The third-order valence-corrected chi connectivity index (χ3v) is 3.13. The van der Waals surface area contributed by atoms with Gasteiger partial charge < -0.3 is 4.90 Å². The lowest BCUT2D eigenvalue weighted by molar-refractivity contribution is 0.0784. The number of nitrogens with zero attached hydrogens (tertiary/aromatic N) is 2. The first-order valence-electron chi connectivity index (χ1n) is 5.26. The molecule has 0 radical (unpaired) electrons. The number of aromatic nitrogens is 2. The van der Waals surface area contributed by atoms with Crippen LogP contribution < -0.4 is 0 Å². The van der Waals surface area contributed by atoms with Crippen LogP contribution in [-0.2, 0) is 6.54 Å². The van der Waals surface area contributed by atoms with E-state index in [0.717, 1.165) is 5.56 Å². The van der Waals surface area contributed by atoms with Gasteiger partial charge in [0.05, 0.1) is 10.7 Å². The molecule has 1 N–H and O–H groups in total. The molecule has 94 valence electrons. The summed E-state index contributed by atoms with van der Waals surface area (Å²) >= 11 is 3.05. The molecule has 6 heteroatoms. The maximum absolute atomic E-state index is 13.3. The van der Waals surface area contributed by atoms with Crippen LogP contribution in [-0.4, -0.2) is 28.1 Å². The van der Waals surface area contributed by atoms with E-state index in [1.165, 1.54) is 17.0 Å². The molecule has 0 saturated heterocycles. The molecule has 1 heterocycles. The number of halogens is 2. The Labute approximate surface area is 112 Å². The molecule has 2 aromatic rings. The number of amides is 1. The highest BCUT2D eigenvalue weighted by molar-refractivity contribution is 9.10. The summed E-state index contributed by atoms with van der Waals surface area (Å²) in [6, 6.07) is 4.33. The van der Waals surface area contributed by atoms with Crippen molar-refractivity contribution in [3.05, 3.63) is 52.0 Å². The van der Waals surface area contributed by atoms with E-state index >= 15 is 0 Å². The first-order valence-corrected chi connectivity index (χ1v) is 6.05. The SMILES string of the molecule is CN(Cc1cn[nH]c1)C(=O)c1ccc(Br)c(F)c1. The standard InChI is InChI=1S/C12H11BrFN3O/c1-17(7-8-5-15-16-6-8)12(18)9-2-3-10(13)11(14)4-9/h2-6H,7H2,1H3,(H,15,16). The molecule has 1 amide bonds. The van der Waals surface area contributed by atoms with E-state index in [4.69, 9.17) is 0 Å². The number of nitrogens with one attached hydrogen (secondary N) is 1. The van der Waals surface area contributed by atoms with Crippen molar-refractivity contribution in [1.82, 2.24) is 15.1 Å². The van der Waals surface area contributed by atoms with Crippen molar-refractivity contribution in [3.63, 3.8) is 0 Å². The zero-order chi connectivity index (χ0) is 13.1. The Morgan fingerprint density at radius 3 is 2.94 bits per heavy atom. The molecule has 0 spiro atoms. The van der Waals surface area contributed by atoms with Crippen LogP contribution in [0.3, 0.4) is 0 Å². The normalized spacial score (nSPS) is 10.4. The largest absolute Gasteiger partial charge is 0.337 e. The Balaban J connectivity index is 2.12. The van der Waals surface area contributed by atoms with Gasteiger partial charge in [-0.15, -0.1) is 0 Å². The van der Waals surface area contributed by atoms with Crippen LogP contribution in [0.1, 0.15) is 15.9 Å². The number of carbonyl (C=O) groups is 1. The van der Waals surface area contributed by atoms with Gasteiger partial charge in [0.1, 0.15) is 5.82 Å². The van der Waals surface area contributed by atoms with Crippen molar-refractivity contribution < 1.29 is 9.18 Å². The fourth-order valence-corrected chi connectivity index (χ4v) is 1.81. The molecule has 0 aliphatic carbocycles. The summed E-state index contributed by atoms with van der Waals surface area (Å²) in [5.41, 5.74) is 1.21. The van der Waals surface area contributed by atoms with Crippen molar-refractivity contribution >= 4 is 21.8 Å². The third kappa shape index (κ3) is 2.76. The van der Waals surface area contributed by atoms with Gasteiger partial charge in [-0.05, 0) is 34.1 Å². The summed E-state index contributed by atoms with van der Waals surface area (Å²) in [6.45, 7) is 0.424. The van der Waals surface area contributed by atoms with E-state index in [0.29, 0.717) is 16.6 Å². The highest BCUT2D eigenvalue weighted by Crippen LogP contribution is 2.17. The highest BCUT2D eigenvalue weighted by atomic mass is 79.9. The van der Waals surface area contributed by atoms with Crippen molar-refractivity contribution in [1.29, 1.82) is 0 Å². The average molecular weight is 312 g/mol. The van der Waals surface area contributed by atoms with Crippen molar-refractivity contribution in [2.24, 2.45) is 0 Å². The van der Waals surface area contributed by atoms with Crippen LogP contribution in [0, 0.1) is 5.82 Å². The smallest absolute Gasteiger partial charge is 0.254 e. The summed E-state index contributed by atoms with van der Waals surface area (Å²) in [5, 5.41) is 6.48.